The van der Waals surface area contributed by atoms with Gasteiger partial charge in [0.15, 0.2) is 0 Å². The number of piperidine rings is 1. The van der Waals surface area contributed by atoms with Gasteiger partial charge in [0.1, 0.15) is 0 Å². The van der Waals surface area contributed by atoms with Crippen LogP contribution in [0.3, 0.4) is 0 Å². The van der Waals surface area contributed by atoms with Crippen molar-refractivity contribution < 1.29 is 0 Å². The van der Waals surface area contributed by atoms with Crippen LogP contribution in [0, 0.1) is 13.3 Å². The topological polar surface area (TPSA) is 3.24 Å². The quantitative estimate of drug-likeness (QED) is 0.571. The minimum Gasteiger partial charge on any atom is -0.358 e. The van der Waals surface area contributed by atoms with Crippen molar-refractivity contribution in [3.63, 3.8) is 0 Å². The molecule has 1 aliphatic heterocycles. The van der Waals surface area contributed by atoms with E-state index in [0.29, 0.717) is 0 Å². The van der Waals surface area contributed by atoms with Crippen LogP contribution in [0.1, 0.15) is 19.8 Å². The van der Waals surface area contributed by atoms with Crippen LogP contribution in [0.5, 0.6) is 0 Å². The Hall–Kier alpha value is -1.04. The van der Waals surface area contributed by atoms with Crippen molar-refractivity contribution in [3.05, 3.63) is 13.3 Å². The first-order valence-electron chi connectivity index (χ1n) is 3.29. The molecule has 1 rings (SSSR count). The summed E-state index contributed by atoms with van der Waals surface area (Å²) < 4.78 is 0. The predicted octanol–water partition coefficient (Wildman–Crippen LogP) is 1.76. The summed E-state index contributed by atoms with van der Waals surface area (Å²) in [6, 6.07) is 0. The van der Waals surface area contributed by atoms with Crippen molar-refractivity contribution in [1.29, 1.82) is 0 Å². The standard InChI is InChI=1S/C7H14N.CH3.Lr/c1-7-4-3-5-8(2)6-7;;/h3-6H2,1-2H3;1H3;/q2*-1;. The first kappa shape index (κ1) is 11.7. The monoisotopic (exact) mass is 389 g/mol. The zero-order valence-corrected chi connectivity index (χ0v) is 9.18. The second kappa shape index (κ2) is 4.80. The van der Waals surface area contributed by atoms with Crippen LogP contribution in [0.4, 0.5) is 0 Å². The minimum atomic E-state index is 0. The Balaban J connectivity index is 0. The molecule has 10 heavy (non-hydrogen) atoms. The Morgan fingerprint density at radius 3 is 2.30 bits per heavy atom. The molecule has 71 valence electrons. The van der Waals surface area contributed by atoms with Crippen molar-refractivity contribution in [3.8, 4) is 0 Å². The molecule has 0 amide bonds. The Kier molecular flexibility index (Phi) is 5.63. The van der Waals surface area contributed by atoms with E-state index in [1.807, 2.05) is 0 Å². The molecule has 1 aliphatic rings. The van der Waals surface area contributed by atoms with Gasteiger partial charge in [-0.25, -0.2) is 0 Å². The van der Waals surface area contributed by atoms with Crippen molar-refractivity contribution >= 4 is 0 Å². The third-order valence-electron chi connectivity index (χ3n) is 1.68. The van der Waals surface area contributed by atoms with Gasteiger partial charge in [-0.2, -0.15) is 13.3 Å². The normalized spacial score (nSPS) is 21.0. The zero-order chi connectivity index (χ0) is 5.98. The Bertz CT molecular complexity index is 67.7. The van der Waals surface area contributed by atoms with Gasteiger partial charge in [0.05, 0.1) is 0 Å². The molecule has 0 atom stereocenters. The van der Waals surface area contributed by atoms with Crippen LogP contribution in [0.2, 0.25) is 0 Å². The number of rotatable bonds is 0. The molecule has 0 bridgehead atoms. The number of nitrogens with zero attached hydrogens (tertiary/aromatic N) is 1. The van der Waals surface area contributed by atoms with Crippen LogP contribution >= 0.6 is 0 Å². The van der Waals surface area contributed by atoms with Crippen LogP contribution in [-0.4, -0.2) is 25.0 Å². The molecule has 0 aromatic heterocycles. The molecular weight excluding hydrogens is 372 g/mol. The molecule has 0 aromatic rings. The molecule has 1 saturated heterocycles. The molecular formula is C8H17LrN-2. The van der Waals surface area contributed by atoms with E-state index in [1.54, 1.807) is 5.92 Å². The van der Waals surface area contributed by atoms with E-state index in [9.17, 15) is 0 Å². The minimum absolute atomic E-state index is 0. The van der Waals surface area contributed by atoms with E-state index < -0.39 is 0 Å². The molecule has 0 aromatic carbocycles. The summed E-state index contributed by atoms with van der Waals surface area (Å²) in [5, 5.41) is 0. The fourth-order valence-corrected chi connectivity index (χ4v) is 1.27. The summed E-state index contributed by atoms with van der Waals surface area (Å²) in [4.78, 5) is 2.37. The van der Waals surface area contributed by atoms with Gasteiger partial charge in [-0.1, -0.05) is 6.42 Å². The first-order valence-corrected chi connectivity index (χ1v) is 3.29. The summed E-state index contributed by atoms with van der Waals surface area (Å²) in [7, 11) is 2.18. The van der Waals surface area contributed by atoms with Gasteiger partial charge in [0, 0.05) is 0 Å². The van der Waals surface area contributed by atoms with Gasteiger partial charge < -0.3 is 18.2 Å². The third kappa shape index (κ3) is 3.08. The number of hydrogen-bond donors (Lipinski definition) is 0. The number of likely N-dealkylation sites (tertiary alicyclic amines) is 1. The maximum atomic E-state index is 2.37. The first-order chi connectivity index (χ1) is 3.79. The molecule has 0 aliphatic carbocycles. The number of hydrogen-bond acceptors (Lipinski definition) is 1. The summed E-state index contributed by atoms with van der Waals surface area (Å²) in [6.07, 6.45) is 2.71. The smallest absolute Gasteiger partial charge is 0 e. The summed E-state index contributed by atoms with van der Waals surface area (Å²) in [5.41, 5.74) is 0. The maximum Gasteiger partial charge on any atom is 0 e. The van der Waals surface area contributed by atoms with Gasteiger partial charge in [-0.15, -0.1) is 6.54 Å². The Morgan fingerprint density at radius 2 is 2.00 bits per heavy atom. The van der Waals surface area contributed by atoms with E-state index in [4.69, 9.17) is 0 Å². The van der Waals surface area contributed by atoms with Crippen molar-refractivity contribution in [1.82, 2.24) is 4.90 Å². The molecule has 1 nitrogen and oxygen atoms in total. The second-order valence-electron chi connectivity index (χ2n) is 2.80. The van der Waals surface area contributed by atoms with Crippen LogP contribution in [0.25, 0.3) is 0 Å². The Morgan fingerprint density at radius 1 is 1.40 bits per heavy atom. The van der Waals surface area contributed by atoms with Gasteiger partial charge in [-0.05, 0) is 13.6 Å². The van der Waals surface area contributed by atoms with Crippen LogP contribution in [0.15, 0.2) is 0 Å². The van der Waals surface area contributed by atoms with Crippen LogP contribution < -0.4 is 0 Å². The largest absolute Gasteiger partial charge is 0.358 e. The van der Waals surface area contributed by atoms with E-state index in [-0.39, 0.29) is 7.43 Å². The van der Waals surface area contributed by atoms with Gasteiger partial charge in [-0.3, -0.25) is 0 Å². The molecule has 1 fully saturated rings. The van der Waals surface area contributed by atoms with E-state index in [0.717, 1.165) is 0 Å². The summed E-state index contributed by atoms with van der Waals surface area (Å²) in [6.45, 7) is 4.76. The van der Waals surface area contributed by atoms with Gasteiger partial charge >= 0.3 is 0 Å². The van der Waals surface area contributed by atoms with E-state index in [2.05, 4.69) is 18.9 Å². The van der Waals surface area contributed by atoms with Crippen LogP contribution in [-0.2, 0) is 0 Å². The molecule has 0 spiro atoms. The molecule has 2 heteroatoms. The van der Waals surface area contributed by atoms with Crippen molar-refractivity contribution in [2.45, 2.75) is 19.8 Å². The molecule has 1 radical (unpaired) electrons. The molecule has 0 saturated carbocycles. The average molecular weight is 389 g/mol. The average Bonchev–Trinajstić information content (AvgIpc) is 1.64. The maximum absolute atomic E-state index is 2.37. The second-order valence-corrected chi connectivity index (χ2v) is 2.80. The van der Waals surface area contributed by atoms with Crippen molar-refractivity contribution in [2.75, 3.05) is 20.1 Å². The van der Waals surface area contributed by atoms with E-state index in [1.165, 1.54) is 25.9 Å². The zero-order valence-electron chi connectivity index (χ0n) is 7.03. The molecule has 0 unspecified atom stereocenters. The van der Waals surface area contributed by atoms with Crippen molar-refractivity contribution in [2.24, 2.45) is 0 Å². The fourth-order valence-electron chi connectivity index (χ4n) is 1.27. The molecule has 1 heterocycles. The van der Waals surface area contributed by atoms with E-state index >= 15 is 0 Å². The fraction of sp³-hybridized carbons (Fsp3) is 0.750. The Labute approximate surface area is 59.1 Å². The van der Waals surface area contributed by atoms with Gasteiger partial charge in [0.2, 0.25) is 0 Å². The third-order valence-corrected chi connectivity index (χ3v) is 1.68. The molecule has 0 N–H and O–H groups in total. The summed E-state index contributed by atoms with van der Waals surface area (Å²) in [5.74, 6) is 1.64. The SMILES string of the molecule is C[C-]1CCCN(C)C1.[CH3-].[Lr]. The predicted molar refractivity (Wildman–Crippen MR) is 42.1 cm³/mol. The van der Waals surface area contributed by atoms with Gasteiger partial charge in [0.25, 0.3) is 0 Å². The summed E-state index contributed by atoms with van der Waals surface area (Å²) >= 11 is 0.